The molecule has 22 heavy (non-hydrogen) atoms. The zero-order valence-corrected chi connectivity index (χ0v) is 13.8. The number of aromatic nitrogens is 4. The summed E-state index contributed by atoms with van der Waals surface area (Å²) in [4.78, 5) is 13.7. The molecule has 0 aliphatic carbocycles. The van der Waals surface area contributed by atoms with Gasteiger partial charge >= 0.3 is 0 Å². The predicted octanol–water partition coefficient (Wildman–Crippen LogP) is 1.54. The molecule has 0 bridgehead atoms. The molecular formula is C16H24N6. The lowest BCUT2D eigenvalue weighted by Gasteiger charge is -2.40. The van der Waals surface area contributed by atoms with E-state index in [0.29, 0.717) is 6.04 Å². The lowest BCUT2D eigenvalue weighted by atomic mass is 10.1. The molecule has 118 valence electrons. The zero-order valence-electron chi connectivity index (χ0n) is 13.8. The van der Waals surface area contributed by atoms with Crippen LogP contribution >= 0.6 is 0 Å². The number of piperazine rings is 1. The van der Waals surface area contributed by atoms with E-state index in [4.69, 9.17) is 0 Å². The molecule has 2 aromatic rings. The van der Waals surface area contributed by atoms with Gasteiger partial charge in [0.2, 0.25) is 0 Å². The maximum atomic E-state index is 4.49. The van der Waals surface area contributed by atoms with Gasteiger partial charge in [-0.25, -0.2) is 9.97 Å². The third kappa shape index (κ3) is 2.97. The van der Waals surface area contributed by atoms with Gasteiger partial charge < -0.3 is 4.90 Å². The Hall–Kier alpha value is -1.95. The van der Waals surface area contributed by atoms with E-state index in [-0.39, 0.29) is 0 Å². The van der Waals surface area contributed by atoms with Gasteiger partial charge in [-0.15, -0.1) is 0 Å². The van der Waals surface area contributed by atoms with E-state index in [1.54, 1.807) is 6.33 Å². The van der Waals surface area contributed by atoms with Crippen molar-refractivity contribution in [3.63, 3.8) is 0 Å². The van der Waals surface area contributed by atoms with E-state index < -0.39 is 0 Å². The minimum Gasteiger partial charge on any atom is -0.353 e. The van der Waals surface area contributed by atoms with Crippen LogP contribution in [0.4, 0.5) is 5.82 Å². The van der Waals surface area contributed by atoms with Crippen molar-refractivity contribution in [3.8, 4) is 0 Å². The molecular weight excluding hydrogens is 276 g/mol. The van der Waals surface area contributed by atoms with Crippen LogP contribution < -0.4 is 4.90 Å². The number of anilines is 1. The molecule has 0 spiro atoms. The average molecular weight is 300 g/mol. The van der Waals surface area contributed by atoms with Gasteiger partial charge in [-0.1, -0.05) is 0 Å². The number of hydrogen-bond donors (Lipinski definition) is 0. The number of aryl methyl sites for hydroxylation is 2. The molecule has 6 nitrogen and oxygen atoms in total. The summed E-state index contributed by atoms with van der Waals surface area (Å²) < 4.78 is 1.86. The molecule has 1 atom stereocenters. The molecule has 1 aliphatic heterocycles. The maximum Gasteiger partial charge on any atom is 0.135 e. The first kappa shape index (κ1) is 15.0. The van der Waals surface area contributed by atoms with Crippen molar-refractivity contribution in [1.29, 1.82) is 0 Å². The highest BCUT2D eigenvalue weighted by molar-refractivity contribution is 5.48. The second kappa shape index (κ2) is 6.04. The van der Waals surface area contributed by atoms with Crippen LogP contribution in [0.1, 0.15) is 23.7 Å². The quantitative estimate of drug-likeness (QED) is 0.860. The van der Waals surface area contributed by atoms with E-state index in [1.165, 1.54) is 11.1 Å². The smallest absolute Gasteiger partial charge is 0.135 e. The normalized spacial score (nSPS) is 19.6. The number of nitrogens with zero attached hydrogens (tertiary/aromatic N) is 6. The SMILES string of the molecule is Cc1ncnc(N2CCN(Cc3cnn(C)c3)C(C)C2)c1C. The summed E-state index contributed by atoms with van der Waals surface area (Å²) >= 11 is 0. The van der Waals surface area contributed by atoms with Crippen LogP contribution in [0.2, 0.25) is 0 Å². The predicted molar refractivity (Wildman–Crippen MR) is 86.8 cm³/mol. The standard InChI is InChI=1S/C16H24N6/c1-12-8-22(16-13(2)14(3)17-11-18-16)6-5-21(12)10-15-7-19-20(4)9-15/h7,9,11-12H,5-6,8,10H2,1-4H3. The van der Waals surface area contributed by atoms with Crippen LogP contribution in [0.25, 0.3) is 0 Å². The summed E-state index contributed by atoms with van der Waals surface area (Å²) in [6.45, 7) is 10.4. The van der Waals surface area contributed by atoms with Crippen LogP contribution in [0, 0.1) is 13.8 Å². The van der Waals surface area contributed by atoms with Crippen molar-refractivity contribution in [2.45, 2.75) is 33.4 Å². The number of rotatable bonds is 3. The minimum absolute atomic E-state index is 0.489. The van der Waals surface area contributed by atoms with Gasteiger partial charge in [0.05, 0.1) is 6.20 Å². The highest BCUT2D eigenvalue weighted by atomic mass is 15.3. The van der Waals surface area contributed by atoms with Crippen molar-refractivity contribution >= 4 is 5.82 Å². The Morgan fingerprint density at radius 2 is 2.05 bits per heavy atom. The van der Waals surface area contributed by atoms with Crippen molar-refractivity contribution in [3.05, 3.63) is 35.5 Å². The van der Waals surface area contributed by atoms with Gasteiger partial charge in [-0.05, 0) is 20.8 Å². The van der Waals surface area contributed by atoms with E-state index in [2.05, 4.69) is 44.9 Å². The molecule has 1 saturated heterocycles. The molecule has 0 radical (unpaired) electrons. The number of hydrogen-bond acceptors (Lipinski definition) is 5. The van der Waals surface area contributed by atoms with Crippen molar-refractivity contribution < 1.29 is 0 Å². The largest absolute Gasteiger partial charge is 0.353 e. The molecule has 0 amide bonds. The van der Waals surface area contributed by atoms with Gasteiger partial charge in [-0.2, -0.15) is 5.10 Å². The van der Waals surface area contributed by atoms with Crippen LogP contribution in [0.5, 0.6) is 0 Å². The topological polar surface area (TPSA) is 50.1 Å². The Kier molecular flexibility index (Phi) is 4.11. The highest BCUT2D eigenvalue weighted by Crippen LogP contribution is 2.22. The maximum absolute atomic E-state index is 4.49. The van der Waals surface area contributed by atoms with Gasteiger partial charge in [-0.3, -0.25) is 9.58 Å². The molecule has 0 N–H and O–H groups in total. The Labute approximate surface area is 131 Å². The van der Waals surface area contributed by atoms with Crippen LogP contribution in [-0.4, -0.2) is 50.3 Å². The first-order valence-corrected chi connectivity index (χ1v) is 7.79. The molecule has 1 unspecified atom stereocenters. The molecule has 1 aliphatic rings. The van der Waals surface area contributed by atoms with Gasteiger partial charge in [0.15, 0.2) is 0 Å². The van der Waals surface area contributed by atoms with E-state index in [1.807, 2.05) is 24.9 Å². The first-order valence-electron chi connectivity index (χ1n) is 7.79. The summed E-state index contributed by atoms with van der Waals surface area (Å²) in [5.74, 6) is 1.08. The van der Waals surface area contributed by atoms with Crippen molar-refractivity contribution in [2.24, 2.45) is 7.05 Å². The zero-order chi connectivity index (χ0) is 15.7. The third-order valence-corrected chi connectivity index (χ3v) is 4.52. The Balaban J connectivity index is 1.68. The Morgan fingerprint density at radius 3 is 2.73 bits per heavy atom. The van der Waals surface area contributed by atoms with E-state index in [0.717, 1.165) is 37.7 Å². The Bertz CT molecular complexity index is 650. The second-order valence-electron chi connectivity index (χ2n) is 6.20. The van der Waals surface area contributed by atoms with Crippen LogP contribution in [0.15, 0.2) is 18.7 Å². The summed E-state index contributed by atoms with van der Waals surface area (Å²) in [7, 11) is 1.96. The molecule has 0 aromatic carbocycles. The lowest BCUT2D eigenvalue weighted by molar-refractivity contribution is 0.180. The fourth-order valence-electron chi connectivity index (χ4n) is 3.05. The molecule has 3 rings (SSSR count). The van der Waals surface area contributed by atoms with Gasteiger partial charge in [0, 0.05) is 62.3 Å². The molecule has 6 heteroatoms. The van der Waals surface area contributed by atoms with Gasteiger partial charge in [0.25, 0.3) is 0 Å². The molecule has 3 heterocycles. The van der Waals surface area contributed by atoms with Crippen molar-refractivity contribution in [1.82, 2.24) is 24.6 Å². The molecule has 1 fully saturated rings. The van der Waals surface area contributed by atoms with E-state index >= 15 is 0 Å². The summed E-state index contributed by atoms with van der Waals surface area (Å²) in [6, 6.07) is 0.489. The first-order chi connectivity index (χ1) is 10.5. The van der Waals surface area contributed by atoms with Crippen LogP contribution in [-0.2, 0) is 13.6 Å². The fourth-order valence-corrected chi connectivity index (χ4v) is 3.05. The Morgan fingerprint density at radius 1 is 1.23 bits per heavy atom. The second-order valence-corrected chi connectivity index (χ2v) is 6.20. The molecule has 2 aromatic heterocycles. The lowest BCUT2D eigenvalue weighted by Crippen LogP contribution is -2.51. The van der Waals surface area contributed by atoms with Gasteiger partial charge in [0.1, 0.15) is 12.1 Å². The van der Waals surface area contributed by atoms with Crippen LogP contribution in [0.3, 0.4) is 0 Å². The summed E-state index contributed by atoms with van der Waals surface area (Å²) in [5.41, 5.74) is 3.53. The highest BCUT2D eigenvalue weighted by Gasteiger charge is 2.25. The fraction of sp³-hybridized carbons (Fsp3) is 0.562. The third-order valence-electron chi connectivity index (χ3n) is 4.52. The van der Waals surface area contributed by atoms with E-state index in [9.17, 15) is 0 Å². The average Bonchev–Trinajstić information content (AvgIpc) is 2.89. The van der Waals surface area contributed by atoms with Crippen molar-refractivity contribution in [2.75, 3.05) is 24.5 Å². The monoisotopic (exact) mass is 300 g/mol. The summed E-state index contributed by atoms with van der Waals surface area (Å²) in [6.07, 6.45) is 5.72. The minimum atomic E-state index is 0.489. The summed E-state index contributed by atoms with van der Waals surface area (Å²) in [5, 5.41) is 4.25. The molecule has 0 saturated carbocycles.